The second kappa shape index (κ2) is 10.1. The van der Waals surface area contributed by atoms with Crippen LogP contribution in [0.5, 0.6) is 11.6 Å². The number of ether oxygens (including phenoxy) is 3. The lowest BCUT2D eigenvalue weighted by Crippen LogP contribution is -2.35. The van der Waals surface area contributed by atoms with E-state index in [2.05, 4.69) is 10.3 Å². The largest absolute Gasteiger partial charge is 0.490 e. The number of alkyl carbamates (subject to hydrolysis) is 1. The molecule has 0 saturated carbocycles. The number of amides is 1. The number of aliphatic hydroxyl groups is 1. The van der Waals surface area contributed by atoms with Crippen molar-refractivity contribution in [1.82, 2.24) is 14.3 Å². The number of carbonyl (C=O) groups is 1. The van der Waals surface area contributed by atoms with E-state index in [1.54, 1.807) is 76.2 Å². The van der Waals surface area contributed by atoms with Gasteiger partial charge in [-0.2, -0.15) is 0 Å². The summed E-state index contributed by atoms with van der Waals surface area (Å²) in [7, 11) is -2.63. The molecule has 0 fully saturated rings. The molecule has 210 valence electrons. The van der Waals surface area contributed by atoms with Gasteiger partial charge >= 0.3 is 6.09 Å². The van der Waals surface area contributed by atoms with Crippen molar-refractivity contribution in [3.8, 4) is 22.9 Å². The van der Waals surface area contributed by atoms with Gasteiger partial charge < -0.3 is 24.6 Å². The summed E-state index contributed by atoms with van der Waals surface area (Å²) in [6.45, 7) is 7.08. The number of nitrogens with zero attached hydrogens (tertiary/aromatic N) is 2. The van der Waals surface area contributed by atoms with Gasteiger partial charge in [-0.25, -0.2) is 22.2 Å². The molecule has 1 aliphatic rings. The summed E-state index contributed by atoms with van der Waals surface area (Å²) in [5, 5.41) is 13.6. The SMILES string of the molecule is COc1cc(-c2cc3c4c(ccc3n2S(=O)(=O)c2ccccc2)[C@H](NC(=O)OC(C)(C)C)CO4)cc(C(C)O)n1. The fraction of sp³-hybridized carbons (Fsp3) is 0.310. The molecule has 1 amide bonds. The first-order valence-electron chi connectivity index (χ1n) is 12.7. The van der Waals surface area contributed by atoms with Gasteiger partial charge in [0.25, 0.3) is 10.0 Å². The number of aromatic nitrogens is 2. The Kier molecular flexibility index (Phi) is 6.97. The van der Waals surface area contributed by atoms with Crippen LogP contribution < -0.4 is 14.8 Å². The number of rotatable bonds is 6. The first-order valence-corrected chi connectivity index (χ1v) is 14.2. The van der Waals surface area contributed by atoms with Crippen molar-refractivity contribution in [3.05, 3.63) is 71.9 Å². The molecule has 0 bridgehead atoms. The minimum absolute atomic E-state index is 0.108. The molecule has 3 heterocycles. The first-order chi connectivity index (χ1) is 18.9. The second-order valence-corrected chi connectivity index (χ2v) is 12.3. The number of fused-ring (bicyclic) bond motifs is 3. The lowest BCUT2D eigenvalue weighted by Gasteiger charge is -2.21. The maximum absolute atomic E-state index is 14.1. The molecule has 5 rings (SSSR count). The summed E-state index contributed by atoms with van der Waals surface area (Å²) in [6, 6.07) is 16.1. The maximum atomic E-state index is 14.1. The topological polar surface area (TPSA) is 129 Å². The Morgan fingerprint density at radius 1 is 1.15 bits per heavy atom. The van der Waals surface area contributed by atoms with Gasteiger partial charge in [-0.05, 0) is 58.0 Å². The van der Waals surface area contributed by atoms with Crippen LogP contribution in [-0.4, -0.2) is 47.9 Å². The average molecular weight is 566 g/mol. The highest BCUT2D eigenvalue weighted by molar-refractivity contribution is 7.90. The van der Waals surface area contributed by atoms with Gasteiger partial charge in [0.05, 0.1) is 41.1 Å². The zero-order valence-corrected chi connectivity index (χ0v) is 23.7. The minimum atomic E-state index is -4.08. The number of hydrogen-bond acceptors (Lipinski definition) is 8. The van der Waals surface area contributed by atoms with Crippen LogP contribution in [0.25, 0.3) is 22.2 Å². The van der Waals surface area contributed by atoms with E-state index in [0.717, 1.165) is 0 Å². The van der Waals surface area contributed by atoms with Gasteiger partial charge in [0.1, 0.15) is 18.0 Å². The fourth-order valence-electron chi connectivity index (χ4n) is 4.66. The highest BCUT2D eigenvalue weighted by Crippen LogP contribution is 2.43. The predicted molar refractivity (Wildman–Crippen MR) is 149 cm³/mol. The molecular formula is C29H31N3O7S. The van der Waals surface area contributed by atoms with Crippen LogP contribution in [0.3, 0.4) is 0 Å². The Hall–Kier alpha value is -4.09. The van der Waals surface area contributed by atoms with E-state index in [0.29, 0.717) is 39.2 Å². The van der Waals surface area contributed by atoms with E-state index in [9.17, 15) is 18.3 Å². The third-order valence-corrected chi connectivity index (χ3v) is 8.16. The highest BCUT2D eigenvalue weighted by atomic mass is 32.2. The number of hydrogen-bond donors (Lipinski definition) is 2. The number of benzene rings is 2. The van der Waals surface area contributed by atoms with Crippen molar-refractivity contribution in [2.75, 3.05) is 13.7 Å². The number of nitrogens with one attached hydrogen (secondary N) is 1. The third-order valence-electron chi connectivity index (χ3n) is 6.42. The zero-order chi connectivity index (χ0) is 28.8. The second-order valence-electron chi connectivity index (χ2n) is 10.5. The highest BCUT2D eigenvalue weighted by Gasteiger charge is 2.33. The van der Waals surface area contributed by atoms with Gasteiger partial charge in [0.15, 0.2) is 0 Å². The Morgan fingerprint density at radius 3 is 2.52 bits per heavy atom. The van der Waals surface area contributed by atoms with Crippen LogP contribution in [0.1, 0.15) is 51.1 Å². The molecule has 4 aromatic rings. The third kappa shape index (κ3) is 5.09. The lowest BCUT2D eigenvalue weighted by molar-refractivity contribution is 0.0497. The van der Waals surface area contributed by atoms with Crippen LogP contribution in [0, 0.1) is 0 Å². The lowest BCUT2D eigenvalue weighted by atomic mass is 10.1. The summed E-state index contributed by atoms with van der Waals surface area (Å²) in [5.74, 6) is 0.698. The molecule has 2 N–H and O–H groups in total. The van der Waals surface area contributed by atoms with E-state index in [1.807, 2.05) is 0 Å². The van der Waals surface area contributed by atoms with Crippen molar-refractivity contribution in [2.24, 2.45) is 0 Å². The minimum Gasteiger partial charge on any atom is -0.490 e. The van der Waals surface area contributed by atoms with E-state index >= 15 is 0 Å². The number of aliphatic hydroxyl groups excluding tert-OH is 1. The molecular weight excluding hydrogens is 534 g/mol. The summed E-state index contributed by atoms with van der Waals surface area (Å²) < 4.78 is 46.2. The molecule has 2 aromatic carbocycles. The van der Waals surface area contributed by atoms with Crippen molar-refractivity contribution in [1.29, 1.82) is 0 Å². The number of carbonyl (C=O) groups excluding carboxylic acids is 1. The normalized spacial score (nSPS) is 15.8. The summed E-state index contributed by atoms with van der Waals surface area (Å²) >= 11 is 0. The Morgan fingerprint density at radius 2 is 1.88 bits per heavy atom. The first kappa shape index (κ1) is 27.5. The Bertz CT molecular complexity index is 1690. The van der Waals surface area contributed by atoms with Gasteiger partial charge in [-0.1, -0.05) is 24.3 Å². The standard InChI is InChI=1S/C29H31N3O7S/c1-17(33)22-13-18(14-26(30-22)37-5)25-15-21-24(32(25)40(35,36)19-9-7-6-8-10-19)12-11-20-23(16-38-27(20)21)31-28(34)39-29(2,3)4/h6-15,17,23,33H,16H2,1-5H3,(H,31,34)/t17?,23-/m1/s1. The van der Waals surface area contributed by atoms with Crippen molar-refractivity contribution in [2.45, 2.75) is 50.3 Å². The Balaban J connectivity index is 1.71. The van der Waals surface area contributed by atoms with Crippen molar-refractivity contribution >= 4 is 27.0 Å². The van der Waals surface area contributed by atoms with Crippen LogP contribution >= 0.6 is 0 Å². The molecule has 10 nitrogen and oxygen atoms in total. The molecule has 0 radical (unpaired) electrons. The summed E-state index contributed by atoms with van der Waals surface area (Å²) in [4.78, 5) is 16.9. The van der Waals surface area contributed by atoms with Crippen molar-refractivity contribution < 1.29 is 32.5 Å². The molecule has 40 heavy (non-hydrogen) atoms. The van der Waals surface area contributed by atoms with Crippen LogP contribution in [-0.2, 0) is 14.8 Å². The molecule has 2 aromatic heterocycles. The average Bonchev–Trinajstić information content (AvgIpc) is 3.49. The van der Waals surface area contributed by atoms with Crippen LogP contribution in [0.2, 0.25) is 0 Å². The van der Waals surface area contributed by atoms with Crippen molar-refractivity contribution in [3.63, 3.8) is 0 Å². The maximum Gasteiger partial charge on any atom is 0.408 e. The molecule has 1 unspecified atom stereocenters. The smallest absolute Gasteiger partial charge is 0.408 e. The molecule has 0 spiro atoms. The van der Waals surface area contributed by atoms with Gasteiger partial charge in [0.2, 0.25) is 5.88 Å². The fourth-order valence-corrected chi connectivity index (χ4v) is 6.21. The molecule has 1 aliphatic heterocycles. The molecule has 11 heteroatoms. The van der Waals surface area contributed by atoms with Gasteiger partial charge in [-0.3, -0.25) is 0 Å². The van der Waals surface area contributed by atoms with E-state index in [1.165, 1.54) is 23.2 Å². The monoisotopic (exact) mass is 565 g/mol. The number of methoxy groups -OCH3 is 1. The predicted octanol–water partition coefficient (Wildman–Crippen LogP) is 4.96. The molecule has 0 saturated heterocycles. The summed E-state index contributed by atoms with van der Waals surface area (Å²) in [5.41, 5.74) is 1.58. The quantitative estimate of drug-likeness (QED) is 0.336. The molecule has 2 atom stereocenters. The van der Waals surface area contributed by atoms with Crippen LogP contribution in [0.15, 0.2) is 65.6 Å². The molecule has 0 aliphatic carbocycles. The van der Waals surface area contributed by atoms with Crippen LogP contribution in [0.4, 0.5) is 4.79 Å². The number of pyridine rings is 1. The van der Waals surface area contributed by atoms with E-state index in [4.69, 9.17) is 14.2 Å². The van der Waals surface area contributed by atoms with Gasteiger partial charge in [-0.15, -0.1) is 0 Å². The Labute approximate surface area is 232 Å². The van der Waals surface area contributed by atoms with E-state index < -0.39 is 33.9 Å². The summed E-state index contributed by atoms with van der Waals surface area (Å²) in [6.07, 6.45) is -1.49. The zero-order valence-electron chi connectivity index (χ0n) is 22.8. The van der Waals surface area contributed by atoms with Gasteiger partial charge in [0, 0.05) is 22.6 Å². The van der Waals surface area contributed by atoms with E-state index in [-0.39, 0.29) is 17.4 Å².